The van der Waals surface area contributed by atoms with Crippen LogP contribution in [0.25, 0.3) is 0 Å². The van der Waals surface area contributed by atoms with E-state index >= 15 is 0 Å². The molecule has 0 amide bonds. The Morgan fingerprint density at radius 3 is 1.88 bits per heavy atom. The van der Waals surface area contributed by atoms with Gasteiger partial charge in [-0.05, 0) is 5.41 Å². The molecule has 2 nitrogen and oxygen atoms in total. The van der Waals surface area contributed by atoms with Crippen LogP contribution in [0.15, 0.2) is 0 Å². The molecule has 3 N–H and O–H groups in total. The van der Waals surface area contributed by atoms with Gasteiger partial charge in [0.15, 0.2) is 0 Å². The Hall–Kier alpha value is -0.0800. The number of nitrogens with two attached hydrogens (primary N) is 1. The lowest BCUT2D eigenvalue weighted by Gasteiger charge is -2.23. The zero-order valence-corrected chi connectivity index (χ0v) is 5.81. The third-order valence-electron chi connectivity index (χ3n) is 1.22. The van der Waals surface area contributed by atoms with Crippen LogP contribution in [-0.2, 0) is 0 Å². The highest BCUT2D eigenvalue weighted by Gasteiger charge is 2.19. The summed E-state index contributed by atoms with van der Waals surface area (Å²) < 4.78 is 0. The molecule has 0 rings (SSSR count). The van der Waals surface area contributed by atoms with Crippen molar-refractivity contribution in [1.29, 1.82) is 0 Å². The maximum absolute atomic E-state index is 9.07. The molecule has 50 valence electrons. The molecule has 1 atom stereocenters. The van der Waals surface area contributed by atoms with Crippen molar-refractivity contribution in [2.75, 3.05) is 6.54 Å². The topological polar surface area (TPSA) is 46.2 Å². The van der Waals surface area contributed by atoms with Gasteiger partial charge in [-0.25, -0.2) is 0 Å². The van der Waals surface area contributed by atoms with Crippen molar-refractivity contribution in [2.45, 2.75) is 26.9 Å². The van der Waals surface area contributed by atoms with Gasteiger partial charge in [0.25, 0.3) is 0 Å². The molecule has 0 radical (unpaired) electrons. The van der Waals surface area contributed by atoms with E-state index < -0.39 is 0 Å². The monoisotopic (exact) mass is 117 g/mol. The SMILES string of the molecule is CC(C)(C)[C@H](O)CN. The van der Waals surface area contributed by atoms with Crippen molar-refractivity contribution in [2.24, 2.45) is 11.1 Å². The van der Waals surface area contributed by atoms with Crippen LogP contribution >= 0.6 is 0 Å². The van der Waals surface area contributed by atoms with Crippen molar-refractivity contribution in [3.8, 4) is 0 Å². The summed E-state index contributed by atoms with van der Waals surface area (Å²) in [5, 5.41) is 9.07. The molecule has 0 aliphatic rings. The smallest absolute Gasteiger partial charge is 0.0710 e. The molecule has 0 spiro atoms. The Kier molecular flexibility index (Phi) is 2.44. The van der Waals surface area contributed by atoms with E-state index in [1.54, 1.807) is 0 Å². The molecular weight excluding hydrogens is 102 g/mol. The van der Waals surface area contributed by atoms with Gasteiger partial charge in [-0.2, -0.15) is 0 Å². The molecule has 8 heavy (non-hydrogen) atoms. The molecule has 0 aromatic carbocycles. The molecule has 0 fully saturated rings. The van der Waals surface area contributed by atoms with Crippen LogP contribution in [0, 0.1) is 5.41 Å². The molecule has 0 saturated carbocycles. The first kappa shape index (κ1) is 7.92. The van der Waals surface area contributed by atoms with E-state index in [2.05, 4.69) is 0 Å². The zero-order valence-electron chi connectivity index (χ0n) is 5.81. The molecule has 0 unspecified atom stereocenters. The van der Waals surface area contributed by atoms with Gasteiger partial charge in [0, 0.05) is 6.54 Å². The minimum Gasteiger partial charge on any atom is -0.391 e. The van der Waals surface area contributed by atoms with Gasteiger partial charge in [0.2, 0.25) is 0 Å². The van der Waals surface area contributed by atoms with Crippen molar-refractivity contribution >= 4 is 0 Å². The Morgan fingerprint density at radius 1 is 1.50 bits per heavy atom. The number of aliphatic hydroxyl groups is 1. The molecule has 0 aliphatic heterocycles. The fraction of sp³-hybridized carbons (Fsp3) is 1.00. The Balaban J connectivity index is 3.62. The number of hydrogen-bond donors (Lipinski definition) is 2. The minimum absolute atomic E-state index is 0.0608. The fourth-order valence-corrected chi connectivity index (χ4v) is 0.354. The van der Waals surface area contributed by atoms with Crippen molar-refractivity contribution in [1.82, 2.24) is 0 Å². The van der Waals surface area contributed by atoms with E-state index in [4.69, 9.17) is 10.8 Å². The summed E-state index contributed by atoms with van der Waals surface area (Å²) in [6.07, 6.45) is -0.373. The number of hydrogen-bond acceptors (Lipinski definition) is 2. The quantitative estimate of drug-likeness (QED) is 0.520. The van der Waals surface area contributed by atoms with Gasteiger partial charge in [-0.3, -0.25) is 0 Å². The van der Waals surface area contributed by atoms with E-state index in [1.807, 2.05) is 20.8 Å². The molecule has 0 saturated heterocycles. The van der Waals surface area contributed by atoms with Gasteiger partial charge in [0.05, 0.1) is 6.10 Å². The predicted octanol–water partition coefficient (Wildman–Crippen LogP) is 0.352. The second kappa shape index (κ2) is 2.46. The van der Waals surface area contributed by atoms with Crippen molar-refractivity contribution < 1.29 is 5.11 Å². The summed E-state index contributed by atoms with van der Waals surface area (Å²) in [6, 6.07) is 0. The van der Waals surface area contributed by atoms with Crippen LogP contribution in [-0.4, -0.2) is 17.8 Å². The van der Waals surface area contributed by atoms with Crippen LogP contribution < -0.4 is 5.73 Å². The van der Waals surface area contributed by atoms with Crippen LogP contribution in [0.3, 0.4) is 0 Å². The van der Waals surface area contributed by atoms with Crippen molar-refractivity contribution in [3.05, 3.63) is 0 Å². The lowest BCUT2D eigenvalue weighted by atomic mass is 9.89. The van der Waals surface area contributed by atoms with Crippen LogP contribution in [0.1, 0.15) is 20.8 Å². The predicted molar refractivity (Wildman–Crippen MR) is 34.5 cm³/mol. The zero-order chi connectivity index (χ0) is 6.78. The van der Waals surface area contributed by atoms with Gasteiger partial charge in [-0.15, -0.1) is 0 Å². The maximum Gasteiger partial charge on any atom is 0.0710 e. The molecule has 0 aliphatic carbocycles. The van der Waals surface area contributed by atoms with E-state index in [-0.39, 0.29) is 11.5 Å². The van der Waals surface area contributed by atoms with Gasteiger partial charge in [-0.1, -0.05) is 20.8 Å². The largest absolute Gasteiger partial charge is 0.391 e. The molecule has 0 aromatic heterocycles. The first-order valence-electron chi connectivity index (χ1n) is 2.86. The summed E-state index contributed by atoms with van der Waals surface area (Å²) in [5.74, 6) is 0. The number of rotatable bonds is 1. The highest BCUT2D eigenvalue weighted by molar-refractivity contribution is 4.72. The Bertz CT molecular complexity index is 65.4. The second-order valence-electron chi connectivity index (χ2n) is 3.12. The molecule has 2 heteroatoms. The molecule has 0 bridgehead atoms. The highest BCUT2D eigenvalue weighted by Crippen LogP contribution is 2.17. The van der Waals surface area contributed by atoms with Crippen LogP contribution in [0.5, 0.6) is 0 Å². The van der Waals surface area contributed by atoms with Gasteiger partial charge in [0.1, 0.15) is 0 Å². The number of aliphatic hydroxyl groups excluding tert-OH is 1. The Labute approximate surface area is 50.7 Å². The summed E-state index contributed by atoms with van der Waals surface area (Å²) >= 11 is 0. The molecular formula is C6H15NO. The van der Waals surface area contributed by atoms with E-state index in [0.717, 1.165) is 0 Å². The second-order valence-corrected chi connectivity index (χ2v) is 3.12. The highest BCUT2D eigenvalue weighted by atomic mass is 16.3. The Morgan fingerprint density at radius 2 is 1.88 bits per heavy atom. The normalized spacial score (nSPS) is 16.1. The summed E-state index contributed by atoms with van der Waals surface area (Å²) in [4.78, 5) is 0. The molecule has 0 heterocycles. The minimum atomic E-state index is -0.373. The first-order chi connectivity index (χ1) is 3.48. The standard InChI is InChI=1S/C6H15NO/c1-6(2,3)5(8)4-7/h5,8H,4,7H2,1-3H3/t5-/m1/s1. The van der Waals surface area contributed by atoms with E-state index in [9.17, 15) is 0 Å². The summed E-state index contributed by atoms with van der Waals surface area (Å²) in [6.45, 7) is 6.24. The lowest BCUT2D eigenvalue weighted by molar-refractivity contribution is 0.0709. The summed E-state index contributed by atoms with van der Waals surface area (Å²) in [7, 11) is 0. The maximum atomic E-state index is 9.07. The van der Waals surface area contributed by atoms with E-state index in [1.165, 1.54) is 0 Å². The third-order valence-corrected chi connectivity index (χ3v) is 1.22. The first-order valence-corrected chi connectivity index (χ1v) is 2.86. The third kappa shape index (κ3) is 2.28. The van der Waals surface area contributed by atoms with E-state index in [0.29, 0.717) is 6.54 Å². The average molecular weight is 117 g/mol. The fourth-order valence-electron chi connectivity index (χ4n) is 0.354. The molecule has 0 aromatic rings. The van der Waals surface area contributed by atoms with Crippen LogP contribution in [0.2, 0.25) is 0 Å². The summed E-state index contributed by atoms with van der Waals surface area (Å²) in [5.41, 5.74) is 5.15. The van der Waals surface area contributed by atoms with Gasteiger partial charge >= 0.3 is 0 Å². The average Bonchev–Trinajstić information content (AvgIpc) is 1.62. The van der Waals surface area contributed by atoms with Gasteiger partial charge < -0.3 is 10.8 Å². The van der Waals surface area contributed by atoms with Crippen LogP contribution in [0.4, 0.5) is 0 Å². The lowest BCUT2D eigenvalue weighted by Crippen LogP contribution is -2.33. The van der Waals surface area contributed by atoms with Crippen molar-refractivity contribution in [3.63, 3.8) is 0 Å².